The van der Waals surface area contributed by atoms with Gasteiger partial charge in [-0.2, -0.15) is 0 Å². The van der Waals surface area contributed by atoms with Crippen molar-refractivity contribution in [1.29, 1.82) is 0 Å². The van der Waals surface area contributed by atoms with Crippen molar-refractivity contribution in [2.24, 2.45) is 11.3 Å². The number of benzene rings is 2. The van der Waals surface area contributed by atoms with Gasteiger partial charge in [0.05, 0.1) is 5.41 Å². The highest BCUT2D eigenvalue weighted by Gasteiger charge is 2.74. The van der Waals surface area contributed by atoms with Crippen LogP contribution in [0.25, 0.3) is 0 Å². The van der Waals surface area contributed by atoms with Crippen LogP contribution in [-0.2, 0) is 11.4 Å². The predicted octanol–water partition coefficient (Wildman–Crippen LogP) is 3.34. The molecule has 1 heterocycles. The van der Waals surface area contributed by atoms with E-state index in [1.54, 1.807) is 0 Å². The molecule has 2 aliphatic carbocycles. The molecule has 0 radical (unpaired) electrons. The number of fused-ring (bicyclic) bond motifs is 2. The summed E-state index contributed by atoms with van der Waals surface area (Å²) in [5, 5.41) is 3.03. The molecule has 5 heteroatoms. The third kappa shape index (κ3) is 2.28. The van der Waals surface area contributed by atoms with E-state index in [9.17, 15) is 4.79 Å². The van der Waals surface area contributed by atoms with Crippen LogP contribution in [0.3, 0.4) is 0 Å². The number of anilines is 1. The molecule has 1 N–H and O–H groups in total. The lowest BCUT2D eigenvalue weighted by molar-refractivity contribution is -0.119. The Morgan fingerprint density at radius 1 is 1.17 bits per heavy atom. The summed E-state index contributed by atoms with van der Waals surface area (Å²) in [5.41, 5.74) is 1.82. The Labute approximate surface area is 139 Å². The van der Waals surface area contributed by atoms with Crippen molar-refractivity contribution in [2.45, 2.75) is 19.4 Å². The fraction of sp³-hybridized carbons (Fsp3) is 0.316. The van der Waals surface area contributed by atoms with Gasteiger partial charge in [-0.15, -0.1) is 0 Å². The van der Waals surface area contributed by atoms with Gasteiger partial charge in [0, 0.05) is 11.8 Å². The lowest BCUT2D eigenvalue weighted by atomic mass is 10.1. The molecule has 0 aromatic heterocycles. The zero-order valence-electron chi connectivity index (χ0n) is 13.1. The normalized spacial score (nSPS) is 24.9. The summed E-state index contributed by atoms with van der Waals surface area (Å²) in [6.45, 7) is 0.681. The molecule has 0 spiro atoms. The average molecular weight is 323 g/mol. The van der Waals surface area contributed by atoms with Gasteiger partial charge >= 0.3 is 0 Å². The first-order valence-corrected chi connectivity index (χ1v) is 8.16. The van der Waals surface area contributed by atoms with Crippen molar-refractivity contribution in [3.63, 3.8) is 0 Å². The Kier molecular flexibility index (Phi) is 2.80. The quantitative estimate of drug-likeness (QED) is 0.917. The van der Waals surface area contributed by atoms with Crippen LogP contribution in [0, 0.1) is 11.3 Å². The van der Waals surface area contributed by atoms with E-state index in [2.05, 4.69) is 5.32 Å². The highest BCUT2D eigenvalue weighted by Crippen LogP contribution is 2.75. The monoisotopic (exact) mass is 323 g/mol. The van der Waals surface area contributed by atoms with Crippen molar-refractivity contribution >= 4 is 11.6 Å². The number of hydrogen-bond donors (Lipinski definition) is 1. The van der Waals surface area contributed by atoms with E-state index in [0.29, 0.717) is 18.3 Å². The number of hydrogen-bond acceptors (Lipinski definition) is 4. The standard InChI is InChI=1S/C19H17NO4/c21-18(19-8-13(19)9-19)20-14-3-1-2-12(6-14)10-22-15-4-5-16-17(7-15)24-11-23-16/h1-7,13H,8-11H2,(H,20,21). The van der Waals surface area contributed by atoms with Gasteiger partial charge in [0.15, 0.2) is 11.5 Å². The number of carbonyl (C=O) groups is 1. The van der Waals surface area contributed by atoms with E-state index in [1.165, 1.54) is 0 Å². The number of amides is 1. The Hall–Kier alpha value is -2.69. The van der Waals surface area contributed by atoms with Crippen LogP contribution in [0.2, 0.25) is 0 Å². The molecule has 0 unspecified atom stereocenters. The second-order valence-electron chi connectivity index (χ2n) is 6.72. The first kappa shape index (κ1) is 13.7. The summed E-state index contributed by atoms with van der Waals surface area (Å²) in [5.74, 6) is 2.99. The van der Waals surface area contributed by atoms with Crippen LogP contribution in [0.1, 0.15) is 18.4 Å². The average Bonchev–Trinajstić information content (AvgIpc) is 3.41. The summed E-state index contributed by atoms with van der Waals surface area (Å²) in [7, 11) is 0. The second-order valence-corrected chi connectivity index (χ2v) is 6.72. The van der Waals surface area contributed by atoms with Gasteiger partial charge in [-0.25, -0.2) is 0 Å². The molecular formula is C19H17NO4. The SMILES string of the molecule is O=C(Nc1cccc(COc2ccc3c(c2)OCO3)c1)C12CC1C2. The third-order valence-electron chi connectivity index (χ3n) is 5.07. The minimum absolute atomic E-state index is 0.0149. The van der Waals surface area contributed by atoms with Gasteiger partial charge in [0.25, 0.3) is 0 Å². The summed E-state index contributed by atoms with van der Waals surface area (Å²) in [4.78, 5) is 12.2. The molecule has 5 rings (SSSR count). The van der Waals surface area contributed by atoms with Crippen LogP contribution in [0.4, 0.5) is 5.69 Å². The maximum atomic E-state index is 12.2. The lowest BCUT2D eigenvalue weighted by Crippen LogP contribution is -2.18. The number of carbonyl (C=O) groups excluding carboxylic acids is 1. The van der Waals surface area contributed by atoms with Crippen LogP contribution in [0.5, 0.6) is 17.2 Å². The molecule has 2 fully saturated rings. The van der Waals surface area contributed by atoms with Gasteiger partial charge in [0.1, 0.15) is 12.4 Å². The van der Waals surface area contributed by atoms with Crippen LogP contribution in [-0.4, -0.2) is 12.7 Å². The molecule has 3 aliphatic rings. The molecule has 5 nitrogen and oxygen atoms in total. The van der Waals surface area contributed by atoms with Gasteiger partial charge in [-0.05, 0) is 48.6 Å². The van der Waals surface area contributed by atoms with E-state index >= 15 is 0 Å². The molecule has 24 heavy (non-hydrogen) atoms. The minimum atomic E-state index is -0.0149. The van der Waals surface area contributed by atoms with Crippen molar-refractivity contribution in [3.8, 4) is 17.2 Å². The fourth-order valence-corrected chi connectivity index (χ4v) is 3.20. The molecule has 0 saturated heterocycles. The number of rotatable bonds is 5. The summed E-state index contributed by atoms with van der Waals surface area (Å²) in [6, 6.07) is 13.3. The molecular weight excluding hydrogens is 306 g/mol. The van der Waals surface area contributed by atoms with Gasteiger partial charge in [-0.3, -0.25) is 4.79 Å². The van der Waals surface area contributed by atoms with E-state index < -0.39 is 0 Å². The predicted molar refractivity (Wildman–Crippen MR) is 87.1 cm³/mol. The highest BCUT2D eigenvalue weighted by atomic mass is 16.7. The molecule has 1 amide bonds. The maximum absolute atomic E-state index is 12.2. The zero-order chi connectivity index (χ0) is 16.1. The summed E-state index contributed by atoms with van der Waals surface area (Å²) >= 11 is 0. The second kappa shape index (κ2) is 4.90. The third-order valence-corrected chi connectivity index (χ3v) is 5.07. The number of ether oxygens (including phenoxy) is 3. The Morgan fingerprint density at radius 2 is 2.00 bits per heavy atom. The molecule has 2 saturated carbocycles. The molecule has 122 valence electrons. The molecule has 1 aliphatic heterocycles. The number of nitrogens with one attached hydrogen (secondary N) is 1. The van der Waals surface area contributed by atoms with Gasteiger partial charge in [0.2, 0.25) is 12.7 Å². The maximum Gasteiger partial charge on any atom is 0.231 e. The molecule has 2 aromatic carbocycles. The Bertz CT molecular complexity index is 826. The molecule has 0 atom stereocenters. The van der Waals surface area contributed by atoms with Crippen LogP contribution >= 0.6 is 0 Å². The van der Waals surface area contributed by atoms with Crippen molar-refractivity contribution in [2.75, 3.05) is 12.1 Å². The van der Waals surface area contributed by atoms with Gasteiger partial charge in [-0.1, -0.05) is 12.1 Å². The van der Waals surface area contributed by atoms with E-state index in [1.807, 2.05) is 42.5 Å². The van der Waals surface area contributed by atoms with Crippen molar-refractivity contribution < 1.29 is 19.0 Å². The topological polar surface area (TPSA) is 56.8 Å². The highest BCUT2D eigenvalue weighted by molar-refractivity contribution is 6.00. The van der Waals surface area contributed by atoms with Crippen molar-refractivity contribution in [1.82, 2.24) is 0 Å². The minimum Gasteiger partial charge on any atom is -0.489 e. The zero-order valence-corrected chi connectivity index (χ0v) is 13.1. The lowest BCUT2D eigenvalue weighted by Gasteiger charge is -2.10. The summed E-state index contributed by atoms with van der Waals surface area (Å²) < 4.78 is 16.4. The first-order valence-electron chi connectivity index (χ1n) is 8.16. The first-order chi connectivity index (χ1) is 11.7. The van der Waals surface area contributed by atoms with E-state index in [-0.39, 0.29) is 18.1 Å². The van der Waals surface area contributed by atoms with E-state index in [0.717, 1.165) is 35.6 Å². The largest absolute Gasteiger partial charge is 0.489 e. The molecule has 0 bridgehead atoms. The van der Waals surface area contributed by atoms with Gasteiger partial charge < -0.3 is 19.5 Å². The van der Waals surface area contributed by atoms with Crippen LogP contribution < -0.4 is 19.5 Å². The Morgan fingerprint density at radius 3 is 2.83 bits per heavy atom. The van der Waals surface area contributed by atoms with Crippen molar-refractivity contribution in [3.05, 3.63) is 48.0 Å². The molecule has 2 aromatic rings. The smallest absolute Gasteiger partial charge is 0.231 e. The van der Waals surface area contributed by atoms with Crippen LogP contribution in [0.15, 0.2) is 42.5 Å². The fourth-order valence-electron chi connectivity index (χ4n) is 3.20. The van der Waals surface area contributed by atoms with E-state index in [4.69, 9.17) is 14.2 Å². The Balaban J connectivity index is 1.24. The summed E-state index contributed by atoms with van der Waals surface area (Å²) in [6.07, 6.45) is 2.12.